The molecule has 19 heavy (non-hydrogen) atoms. The van der Waals surface area contributed by atoms with Gasteiger partial charge in [-0.05, 0) is 30.5 Å². The van der Waals surface area contributed by atoms with Gasteiger partial charge < -0.3 is 15.5 Å². The summed E-state index contributed by atoms with van der Waals surface area (Å²) < 4.78 is 0. The molecule has 2 rings (SSSR count). The number of hydrogen-bond donors (Lipinski definition) is 1. The molecule has 1 aromatic carbocycles. The van der Waals surface area contributed by atoms with Crippen molar-refractivity contribution in [2.45, 2.75) is 25.3 Å². The number of benzene rings is 1. The predicted molar refractivity (Wildman–Crippen MR) is 78.1 cm³/mol. The van der Waals surface area contributed by atoms with Crippen molar-refractivity contribution in [1.29, 1.82) is 0 Å². The highest BCUT2D eigenvalue weighted by Gasteiger charge is 2.20. The molecule has 1 amide bonds. The van der Waals surface area contributed by atoms with E-state index >= 15 is 0 Å². The lowest BCUT2D eigenvalue weighted by molar-refractivity contribution is -0.130. The number of carbonyl (C=O) groups excluding carboxylic acids is 1. The number of nitrogens with zero attached hydrogens (tertiary/aromatic N) is 2. The lowest BCUT2D eigenvalue weighted by Crippen LogP contribution is -2.30. The van der Waals surface area contributed by atoms with E-state index in [1.165, 1.54) is 0 Å². The minimum Gasteiger partial charge on any atom is -0.378 e. The third kappa shape index (κ3) is 3.47. The zero-order chi connectivity index (χ0) is 13.8. The maximum absolute atomic E-state index is 12.0. The third-order valence-corrected chi connectivity index (χ3v) is 3.69. The molecule has 4 nitrogen and oxygen atoms in total. The smallest absolute Gasteiger partial charge is 0.224 e. The zero-order valence-electron chi connectivity index (χ0n) is 11.8. The minimum atomic E-state index is -0.204. The average molecular weight is 261 g/mol. The van der Waals surface area contributed by atoms with Gasteiger partial charge in [0.1, 0.15) is 0 Å². The summed E-state index contributed by atoms with van der Waals surface area (Å²) in [6.45, 7) is 1.79. The normalized spacial score (nSPS) is 16.5. The molecular weight excluding hydrogens is 238 g/mol. The van der Waals surface area contributed by atoms with Gasteiger partial charge in [0, 0.05) is 45.3 Å². The Balaban J connectivity index is 1.95. The molecule has 2 N–H and O–H groups in total. The summed E-state index contributed by atoms with van der Waals surface area (Å²) in [7, 11) is 4.01. The van der Waals surface area contributed by atoms with Gasteiger partial charge in [-0.25, -0.2) is 0 Å². The van der Waals surface area contributed by atoms with Gasteiger partial charge in [0.2, 0.25) is 5.91 Å². The van der Waals surface area contributed by atoms with Gasteiger partial charge in [-0.1, -0.05) is 12.1 Å². The Bertz CT molecular complexity index is 422. The number of rotatable bonds is 4. The molecule has 0 aromatic heterocycles. The van der Waals surface area contributed by atoms with E-state index in [-0.39, 0.29) is 11.9 Å². The first kappa shape index (κ1) is 13.9. The van der Waals surface area contributed by atoms with Crippen LogP contribution in [0.5, 0.6) is 0 Å². The van der Waals surface area contributed by atoms with Crippen LogP contribution in [0.2, 0.25) is 0 Å². The van der Waals surface area contributed by atoms with Crippen molar-refractivity contribution in [2.24, 2.45) is 5.73 Å². The van der Waals surface area contributed by atoms with Gasteiger partial charge in [0.15, 0.2) is 0 Å². The Labute approximate surface area is 115 Å². The van der Waals surface area contributed by atoms with E-state index in [1.807, 2.05) is 48.2 Å². The van der Waals surface area contributed by atoms with Crippen molar-refractivity contribution in [2.75, 3.05) is 32.1 Å². The van der Waals surface area contributed by atoms with Gasteiger partial charge in [-0.2, -0.15) is 0 Å². The van der Waals surface area contributed by atoms with Crippen LogP contribution >= 0.6 is 0 Å². The average Bonchev–Trinajstić information content (AvgIpc) is 2.92. The molecule has 1 aliphatic heterocycles. The fourth-order valence-corrected chi connectivity index (χ4v) is 2.42. The van der Waals surface area contributed by atoms with Crippen molar-refractivity contribution >= 4 is 11.6 Å². The molecule has 1 saturated heterocycles. The largest absolute Gasteiger partial charge is 0.378 e. The van der Waals surface area contributed by atoms with E-state index in [9.17, 15) is 4.79 Å². The Kier molecular flexibility index (Phi) is 4.43. The van der Waals surface area contributed by atoms with Crippen molar-refractivity contribution in [1.82, 2.24) is 4.90 Å². The molecule has 1 aliphatic rings. The van der Waals surface area contributed by atoms with Gasteiger partial charge >= 0.3 is 0 Å². The van der Waals surface area contributed by atoms with E-state index in [0.717, 1.165) is 37.2 Å². The molecule has 1 unspecified atom stereocenters. The van der Waals surface area contributed by atoms with Crippen LogP contribution in [0.4, 0.5) is 5.69 Å². The molecule has 0 saturated carbocycles. The summed E-state index contributed by atoms with van der Waals surface area (Å²) in [5.74, 6) is 0.182. The van der Waals surface area contributed by atoms with Gasteiger partial charge in [0.25, 0.3) is 0 Å². The van der Waals surface area contributed by atoms with E-state index in [4.69, 9.17) is 5.73 Å². The van der Waals surface area contributed by atoms with Gasteiger partial charge in [-0.3, -0.25) is 4.79 Å². The molecule has 0 radical (unpaired) electrons. The number of carbonyl (C=O) groups is 1. The Hall–Kier alpha value is -1.55. The number of likely N-dealkylation sites (tertiary alicyclic amines) is 1. The van der Waals surface area contributed by atoms with Crippen LogP contribution < -0.4 is 10.6 Å². The van der Waals surface area contributed by atoms with Crippen LogP contribution in [0.25, 0.3) is 0 Å². The van der Waals surface area contributed by atoms with Crippen LogP contribution in [-0.4, -0.2) is 38.0 Å². The highest BCUT2D eigenvalue weighted by atomic mass is 16.2. The molecular formula is C15H23N3O. The summed E-state index contributed by atoms with van der Waals surface area (Å²) >= 11 is 0. The standard InChI is InChI=1S/C15H23N3O/c1-17(2)13-7-5-12(6-8-13)14(16)11-15(19)18-9-3-4-10-18/h5-8,14H,3-4,9-11,16H2,1-2H3. The molecule has 4 heteroatoms. The Morgan fingerprint density at radius 3 is 2.37 bits per heavy atom. The summed E-state index contributed by atoms with van der Waals surface area (Å²) in [5, 5.41) is 0. The zero-order valence-corrected chi connectivity index (χ0v) is 11.8. The minimum absolute atomic E-state index is 0.182. The van der Waals surface area contributed by atoms with E-state index in [2.05, 4.69) is 0 Å². The van der Waals surface area contributed by atoms with Gasteiger partial charge in [0.05, 0.1) is 0 Å². The molecule has 1 aromatic rings. The molecule has 1 atom stereocenters. The van der Waals surface area contributed by atoms with Crippen molar-refractivity contribution in [3.05, 3.63) is 29.8 Å². The fraction of sp³-hybridized carbons (Fsp3) is 0.533. The second-order valence-electron chi connectivity index (χ2n) is 5.38. The monoisotopic (exact) mass is 261 g/mol. The summed E-state index contributed by atoms with van der Waals surface area (Å²) in [4.78, 5) is 16.0. The van der Waals surface area contributed by atoms with Crippen LogP contribution in [0.3, 0.4) is 0 Å². The molecule has 1 fully saturated rings. The van der Waals surface area contributed by atoms with E-state index in [0.29, 0.717) is 6.42 Å². The van der Waals surface area contributed by atoms with Gasteiger partial charge in [-0.15, -0.1) is 0 Å². The molecule has 1 heterocycles. The summed E-state index contributed by atoms with van der Waals surface area (Å²) in [6.07, 6.45) is 2.65. The second kappa shape index (κ2) is 6.06. The highest BCUT2D eigenvalue weighted by molar-refractivity contribution is 5.77. The number of hydrogen-bond acceptors (Lipinski definition) is 3. The topological polar surface area (TPSA) is 49.6 Å². The second-order valence-corrected chi connectivity index (χ2v) is 5.38. The molecule has 0 bridgehead atoms. The van der Waals surface area contributed by atoms with Crippen LogP contribution in [0.15, 0.2) is 24.3 Å². The van der Waals surface area contributed by atoms with Crippen LogP contribution in [0, 0.1) is 0 Å². The Morgan fingerprint density at radius 1 is 1.26 bits per heavy atom. The maximum atomic E-state index is 12.0. The van der Waals surface area contributed by atoms with Crippen molar-refractivity contribution in [3.63, 3.8) is 0 Å². The van der Waals surface area contributed by atoms with Crippen molar-refractivity contribution in [3.8, 4) is 0 Å². The number of nitrogens with two attached hydrogens (primary N) is 1. The SMILES string of the molecule is CN(C)c1ccc(C(N)CC(=O)N2CCCC2)cc1. The first-order chi connectivity index (χ1) is 9.08. The Morgan fingerprint density at radius 2 is 1.84 bits per heavy atom. The molecule has 104 valence electrons. The maximum Gasteiger partial charge on any atom is 0.224 e. The fourth-order valence-electron chi connectivity index (χ4n) is 2.42. The third-order valence-electron chi connectivity index (χ3n) is 3.69. The molecule has 0 spiro atoms. The van der Waals surface area contributed by atoms with E-state index in [1.54, 1.807) is 0 Å². The molecule has 0 aliphatic carbocycles. The van der Waals surface area contributed by atoms with E-state index < -0.39 is 0 Å². The number of amides is 1. The van der Waals surface area contributed by atoms with Crippen molar-refractivity contribution < 1.29 is 4.79 Å². The summed E-state index contributed by atoms with van der Waals surface area (Å²) in [6, 6.07) is 7.89. The summed E-state index contributed by atoms with van der Waals surface area (Å²) in [5.41, 5.74) is 8.30. The quantitative estimate of drug-likeness (QED) is 0.898. The lowest BCUT2D eigenvalue weighted by atomic mass is 10.0. The first-order valence-corrected chi connectivity index (χ1v) is 6.88. The number of anilines is 1. The van der Waals surface area contributed by atoms with Crippen LogP contribution in [-0.2, 0) is 4.79 Å². The lowest BCUT2D eigenvalue weighted by Gasteiger charge is -2.19. The predicted octanol–water partition coefficient (Wildman–Crippen LogP) is 1.76. The first-order valence-electron chi connectivity index (χ1n) is 6.88. The highest BCUT2D eigenvalue weighted by Crippen LogP contribution is 2.20. The van der Waals surface area contributed by atoms with Crippen LogP contribution in [0.1, 0.15) is 30.9 Å².